The molecule has 2 amide bonds. The van der Waals surface area contributed by atoms with Crippen LogP contribution in [0.1, 0.15) is 40.0 Å². The summed E-state index contributed by atoms with van der Waals surface area (Å²) in [4.78, 5) is 36.7. The summed E-state index contributed by atoms with van der Waals surface area (Å²) >= 11 is 0. The molecule has 1 aliphatic heterocycles. The van der Waals surface area contributed by atoms with Crippen molar-refractivity contribution in [1.29, 1.82) is 0 Å². The van der Waals surface area contributed by atoms with Crippen molar-refractivity contribution in [2.24, 2.45) is 5.92 Å². The Morgan fingerprint density at radius 2 is 1.68 bits per heavy atom. The molecule has 2 unspecified atom stereocenters. The number of carbonyl (C=O) groups excluding carboxylic acids is 2. The number of imide groups is 1. The molecule has 1 heterocycles. The van der Waals surface area contributed by atoms with Crippen LogP contribution in [-0.2, 0) is 4.79 Å². The minimum absolute atomic E-state index is 0.284. The third-order valence-electron chi connectivity index (χ3n) is 3.94. The van der Waals surface area contributed by atoms with E-state index in [1.165, 1.54) is 4.90 Å². The number of nitrogens with zero attached hydrogens (tertiary/aromatic N) is 1. The van der Waals surface area contributed by atoms with Gasteiger partial charge in [0.25, 0.3) is 11.8 Å². The number of aliphatic carboxylic acids is 1. The highest BCUT2D eigenvalue weighted by molar-refractivity contribution is 6.21. The number of carboxylic acids is 1. The Morgan fingerprint density at radius 3 is 2.16 bits per heavy atom. The van der Waals surface area contributed by atoms with Gasteiger partial charge in [-0.3, -0.25) is 19.3 Å². The van der Waals surface area contributed by atoms with Crippen LogP contribution in [0.3, 0.4) is 0 Å². The van der Waals surface area contributed by atoms with Gasteiger partial charge in [-0.1, -0.05) is 12.1 Å². The van der Waals surface area contributed by atoms with Crippen LogP contribution < -0.4 is 0 Å². The van der Waals surface area contributed by atoms with E-state index in [0.717, 1.165) is 0 Å². The van der Waals surface area contributed by atoms with E-state index in [-0.39, 0.29) is 17.9 Å². The number of hydrogen-bond acceptors (Lipinski definition) is 3. The molecule has 1 aromatic carbocycles. The summed E-state index contributed by atoms with van der Waals surface area (Å²) in [5.74, 6) is -1.89. The minimum atomic E-state index is -0.848. The summed E-state index contributed by atoms with van der Waals surface area (Å²) in [6.45, 7) is 0. The van der Waals surface area contributed by atoms with Crippen molar-refractivity contribution in [1.82, 2.24) is 4.90 Å². The second-order valence-electron chi connectivity index (χ2n) is 5.03. The van der Waals surface area contributed by atoms with Crippen molar-refractivity contribution in [2.75, 3.05) is 0 Å². The number of hydrogen-bond donors (Lipinski definition) is 1. The molecule has 0 saturated heterocycles. The van der Waals surface area contributed by atoms with E-state index in [1.807, 2.05) is 0 Å². The molecular weight excluding hydrogens is 246 g/mol. The fraction of sp³-hybridized carbons (Fsp3) is 0.357. The molecule has 2 atom stereocenters. The summed E-state index contributed by atoms with van der Waals surface area (Å²) in [6, 6.07) is 6.44. The van der Waals surface area contributed by atoms with Crippen LogP contribution in [0, 0.1) is 5.92 Å². The Balaban J connectivity index is 1.87. The molecule has 0 radical (unpaired) electrons. The van der Waals surface area contributed by atoms with Crippen LogP contribution in [0.2, 0.25) is 0 Å². The van der Waals surface area contributed by atoms with Gasteiger partial charge in [-0.15, -0.1) is 0 Å². The Kier molecular flexibility index (Phi) is 2.62. The van der Waals surface area contributed by atoms with Crippen molar-refractivity contribution in [3.8, 4) is 0 Å². The molecule has 1 saturated carbocycles. The maximum atomic E-state index is 12.2. The minimum Gasteiger partial charge on any atom is -0.481 e. The van der Waals surface area contributed by atoms with E-state index in [4.69, 9.17) is 5.11 Å². The highest BCUT2D eigenvalue weighted by Crippen LogP contribution is 2.34. The second-order valence-corrected chi connectivity index (χ2v) is 5.03. The average Bonchev–Trinajstić information content (AvgIpc) is 2.96. The third kappa shape index (κ3) is 1.73. The molecular formula is C14H13NO4. The van der Waals surface area contributed by atoms with Gasteiger partial charge in [0.15, 0.2) is 0 Å². The predicted octanol–water partition coefficient (Wildman–Crippen LogP) is 1.54. The molecule has 0 bridgehead atoms. The zero-order valence-corrected chi connectivity index (χ0v) is 10.2. The molecule has 0 aromatic heterocycles. The first kappa shape index (κ1) is 11.9. The van der Waals surface area contributed by atoms with Crippen molar-refractivity contribution < 1.29 is 19.5 Å². The van der Waals surface area contributed by atoms with E-state index in [9.17, 15) is 14.4 Å². The van der Waals surface area contributed by atoms with E-state index >= 15 is 0 Å². The normalized spacial score (nSPS) is 25.8. The van der Waals surface area contributed by atoms with Crippen LogP contribution in [0.5, 0.6) is 0 Å². The number of fused-ring (bicyclic) bond motifs is 1. The largest absolute Gasteiger partial charge is 0.481 e. The van der Waals surface area contributed by atoms with Gasteiger partial charge < -0.3 is 5.11 Å². The summed E-state index contributed by atoms with van der Waals surface area (Å²) in [7, 11) is 0. The van der Waals surface area contributed by atoms with Gasteiger partial charge in [-0.25, -0.2) is 0 Å². The van der Waals surface area contributed by atoms with E-state index in [2.05, 4.69) is 0 Å². The SMILES string of the molecule is O=C(O)C1CCC(N2C(=O)c3ccccc3C2=O)C1. The topological polar surface area (TPSA) is 74.7 Å². The number of benzene rings is 1. The van der Waals surface area contributed by atoms with Crippen molar-refractivity contribution >= 4 is 17.8 Å². The fourth-order valence-electron chi connectivity index (χ4n) is 2.96. The Bertz CT molecular complexity index is 546. The third-order valence-corrected chi connectivity index (χ3v) is 3.94. The first-order valence-electron chi connectivity index (χ1n) is 6.29. The molecule has 1 N–H and O–H groups in total. The molecule has 3 rings (SSSR count). The van der Waals surface area contributed by atoms with Gasteiger partial charge >= 0.3 is 5.97 Å². The first-order chi connectivity index (χ1) is 9.09. The van der Waals surface area contributed by atoms with Gasteiger partial charge in [0.05, 0.1) is 17.0 Å². The molecule has 5 nitrogen and oxygen atoms in total. The van der Waals surface area contributed by atoms with Gasteiger partial charge in [0, 0.05) is 6.04 Å². The van der Waals surface area contributed by atoms with Crippen molar-refractivity contribution in [3.05, 3.63) is 35.4 Å². The molecule has 1 fully saturated rings. The Morgan fingerprint density at radius 1 is 1.11 bits per heavy atom. The standard InChI is InChI=1S/C14H13NO4/c16-12-10-3-1-2-4-11(10)13(17)15(12)9-6-5-8(7-9)14(18)19/h1-4,8-9H,5-7H2,(H,18,19). The molecule has 1 aromatic rings. The molecule has 1 aliphatic carbocycles. The summed E-state index contributed by atoms with van der Waals surface area (Å²) < 4.78 is 0. The highest BCUT2D eigenvalue weighted by atomic mass is 16.4. The zero-order chi connectivity index (χ0) is 13.6. The summed E-state index contributed by atoms with van der Waals surface area (Å²) in [6.07, 6.45) is 1.46. The number of carbonyl (C=O) groups is 3. The fourth-order valence-corrected chi connectivity index (χ4v) is 2.96. The van der Waals surface area contributed by atoms with Gasteiger partial charge in [0.2, 0.25) is 0 Å². The number of rotatable bonds is 2. The predicted molar refractivity (Wildman–Crippen MR) is 65.7 cm³/mol. The molecule has 0 spiro atoms. The molecule has 5 heteroatoms. The summed E-state index contributed by atoms with van der Waals surface area (Å²) in [5, 5.41) is 8.99. The highest BCUT2D eigenvalue weighted by Gasteiger charge is 2.43. The van der Waals surface area contributed by atoms with Gasteiger partial charge in [-0.05, 0) is 31.4 Å². The number of amides is 2. The number of carboxylic acid groups (broad SMARTS) is 1. The lowest BCUT2D eigenvalue weighted by atomic mass is 10.1. The van der Waals surface area contributed by atoms with E-state index < -0.39 is 11.9 Å². The second kappa shape index (κ2) is 4.19. The van der Waals surface area contributed by atoms with Gasteiger partial charge in [-0.2, -0.15) is 0 Å². The molecule has 98 valence electrons. The monoisotopic (exact) mass is 259 g/mol. The van der Waals surface area contributed by atoms with Crippen molar-refractivity contribution in [2.45, 2.75) is 25.3 Å². The Hall–Kier alpha value is -2.17. The van der Waals surface area contributed by atoms with Crippen LogP contribution >= 0.6 is 0 Å². The maximum absolute atomic E-state index is 12.2. The first-order valence-corrected chi connectivity index (χ1v) is 6.29. The zero-order valence-electron chi connectivity index (χ0n) is 10.2. The van der Waals surface area contributed by atoms with Crippen LogP contribution in [-0.4, -0.2) is 33.8 Å². The molecule has 19 heavy (non-hydrogen) atoms. The van der Waals surface area contributed by atoms with Gasteiger partial charge in [0.1, 0.15) is 0 Å². The van der Waals surface area contributed by atoms with E-state index in [0.29, 0.717) is 30.4 Å². The average molecular weight is 259 g/mol. The Labute approximate surface area is 109 Å². The van der Waals surface area contributed by atoms with Crippen LogP contribution in [0.4, 0.5) is 0 Å². The lowest BCUT2D eigenvalue weighted by molar-refractivity contribution is -0.141. The lowest BCUT2D eigenvalue weighted by Crippen LogP contribution is -2.38. The van der Waals surface area contributed by atoms with Crippen LogP contribution in [0.25, 0.3) is 0 Å². The van der Waals surface area contributed by atoms with Crippen LogP contribution in [0.15, 0.2) is 24.3 Å². The lowest BCUT2D eigenvalue weighted by Gasteiger charge is -2.21. The smallest absolute Gasteiger partial charge is 0.306 e. The summed E-state index contributed by atoms with van der Waals surface area (Å²) in [5.41, 5.74) is 0.845. The quantitative estimate of drug-likeness (QED) is 0.817. The van der Waals surface area contributed by atoms with E-state index in [1.54, 1.807) is 24.3 Å². The van der Waals surface area contributed by atoms with Crippen molar-refractivity contribution in [3.63, 3.8) is 0 Å². The maximum Gasteiger partial charge on any atom is 0.306 e. The molecule has 2 aliphatic rings.